The first-order valence-electron chi connectivity index (χ1n) is 3.63. The van der Waals surface area contributed by atoms with Gasteiger partial charge in [0.25, 0.3) is 0 Å². The topological polar surface area (TPSA) is 43.3 Å². The molecule has 0 aliphatic heterocycles. The van der Waals surface area contributed by atoms with E-state index >= 15 is 0 Å². The number of nitrogens with zero attached hydrogens (tertiary/aromatic N) is 2. The van der Waals surface area contributed by atoms with Crippen LogP contribution in [0.5, 0.6) is 0 Å². The Kier molecular flexibility index (Phi) is 1.75. The Balaban J connectivity index is 2.67. The average Bonchev–Trinajstić information content (AvgIpc) is 2.46. The fourth-order valence-corrected chi connectivity index (χ4v) is 1.28. The molecule has 2 rings (SSSR count). The highest BCUT2D eigenvalue weighted by molar-refractivity contribution is 6.30. The van der Waals surface area contributed by atoms with Crippen LogP contribution in [0, 0.1) is 0 Å². The van der Waals surface area contributed by atoms with Crippen molar-refractivity contribution in [3.63, 3.8) is 0 Å². The molecule has 2 N–H and O–H groups in total. The van der Waals surface area contributed by atoms with E-state index in [9.17, 15) is 0 Å². The molecule has 0 saturated heterocycles. The SMILES string of the molecule is NCc1cn2cc(Cl)ccc2n1. The third kappa shape index (κ3) is 1.17. The molecule has 0 atom stereocenters. The van der Waals surface area contributed by atoms with Crippen molar-refractivity contribution in [3.8, 4) is 0 Å². The Labute approximate surface area is 74.8 Å². The van der Waals surface area contributed by atoms with Gasteiger partial charge in [-0.25, -0.2) is 4.98 Å². The molecule has 4 heteroatoms. The molecule has 62 valence electrons. The van der Waals surface area contributed by atoms with Crippen LogP contribution >= 0.6 is 11.6 Å². The quantitative estimate of drug-likeness (QED) is 0.724. The lowest BCUT2D eigenvalue weighted by Gasteiger charge is -1.91. The Morgan fingerprint density at radius 2 is 2.25 bits per heavy atom. The van der Waals surface area contributed by atoms with Crippen molar-refractivity contribution in [2.75, 3.05) is 0 Å². The first kappa shape index (κ1) is 7.58. The third-order valence-corrected chi connectivity index (χ3v) is 1.90. The number of rotatable bonds is 1. The summed E-state index contributed by atoms with van der Waals surface area (Å²) >= 11 is 5.79. The molecule has 0 aliphatic carbocycles. The number of halogens is 1. The van der Waals surface area contributed by atoms with Gasteiger partial charge in [0.1, 0.15) is 5.65 Å². The van der Waals surface area contributed by atoms with Gasteiger partial charge in [0, 0.05) is 18.9 Å². The highest BCUT2D eigenvalue weighted by Gasteiger charge is 1.98. The van der Waals surface area contributed by atoms with E-state index in [1.54, 1.807) is 0 Å². The minimum absolute atomic E-state index is 0.458. The monoisotopic (exact) mass is 181 g/mol. The lowest BCUT2D eigenvalue weighted by atomic mass is 10.5. The number of pyridine rings is 1. The molecule has 2 aromatic rings. The highest BCUT2D eigenvalue weighted by Crippen LogP contribution is 2.11. The van der Waals surface area contributed by atoms with E-state index < -0.39 is 0 Å². The second kappa shape index (κ2) is 2.77. The maximum atomic E-state index is 5.79. The van der Waals surface area contributed by atoms with Gasteiger partial charge < -0.3 is 10.1 Å². The molecule has 0 spiro atoms. The van der Waals surface area contributed by atoms with E-state index in [1.165, 1.54) is 0 Å². The zero-order valence-electron chi connectivity index (χ0n) is 6.37. The van der Waals surface area contributed by atoms with E-state index in [0.717, 1.165) is 11.3 Å². The standard InChI is InChI=1S/C8H8ClN3/c9-6-1-2-8-11-7(3-10)5-12(8)4-6/h1-2,4-5H,3,10H2. The molecule has 0 unspecified atom stereocenters. The average molecular weight is 182 g/mol. The maximum absolute atomic E-state index is 5.79. The molecule has 0 aromatic carbocycles. The maximum Gasteiger partial charge on any atom is 0.137 e. The summed E-state index contributed by atoms with van der Waals surface area (Å²) in [5.41, 5.74) is 7.19. The van der Waals surface area contributed by atoms with Crippen LogP contribution in [-0.4, -0.2) is 9.38 Å². The van der Waals surface area contributed by atoms with Crippen molar-refractivity contribution < 1.29 is 0 Å². The van der Waals surface area contributed by atoms with E-state index in [1.807, 2.05) is 28.9 Å². The normalized spacial score (nSPS) is 10.8. The van der Waals surface area contributed by atoms with E-state index in [-0.39, 0.29) is 0 Å². The lowest BCUT2D eigenvalue weighted by molar-refractivity contribution is 1.02. The molecule has 3 nitrogen and oxygen atoms in total. The fourth-order valence-electron chi connectivity index (χ4n) is 1.12. The van der Waals surface area contributed by atoms with Gasteiger partial charge in [-0.1, -0.05) is 11.6 Å². The second-order valence-corrected chi connectivity index (χ2v) is 2.99. The fraction of sp³-hybridized carbons (Fsp3) is 0.125. The van der Waals surface area contributed by atoms with Crippen LogP contribution in [0.1, 0.15) is 5.69 Å². The number of hydrogen-bond acceptors (Lipinski definition) is 2. The molecular formula is C8H8ClN3. The predicted molar refractivity (Wildman–Crippen MR) is 48.1 cm³/mol. The predicted octanol–water partition coefficient (Wildman–Crippen LogP) is 1.45. The van der Waals surface area contributed by atoms with Gasteiger partial charge >= 0.3 is 0 Å². The minimum atomic E-state index is 0.458. The molecule has 0 radical (unpaired) electrons. The van der Waals surface area contributed by atoms with E-state index in [2.05, 4.69) is 4.98 Å². The number of hydrogen-bond donors (Lipinski definition) is 1. The van der Waals surface area contributed by atoms with Crippen LogP contribution < -0.4 is 5.73 Å². The minimum Gasteiger partial charge on any atom is -0.325 e. The number of fused-ring (bicyclic) bond motifs is 1. The van der Waals surface area contributed by atoms with Crippen molar-refractivity contribution in [1.29, 1.82) is 0 Å². The Bertz CT molecular complexity index is 408. The summed E-state index contributed by atoms with van der Waals surface area (Å²) in [5.74, 6) is 0. The molecule has 2 aromatic heterocycles. The summed E-state index contributed by atoms with van der Waals surface area (Å²) in [7, 11) is 0. The molecule has 0 amide bonds. The van der Waals surface area contributed by atoms with Crippen LogP contribution in [0.25, 0.3) is 5.65 Å². The van der Waals surface area contributed by atoms with Gasteiger partial charge in [0.2, 0.25) is 0 Å². The van der Waals surface area contributed by atoms with Crippen molar-refractivity contribution in [2.24, 2.45) is 5.73 Å². The molecule has 0 aliphatic rings. The summed E-state index contributed by atoms with van der Waals surface area (Å²) in [6.07, 6.45) is 3.68. The Hall–Kier alpha value is -1.06. The summed E-state index contributed by atoms with van der Waals surface area (Å²) in [6, 6.07) is 3.67. The van der Waals surface area contributed by atoms with Gasteiger partial charge in [-0.15, -0.1) is 0 Å². The Morgan fingerprint density at radius 3 is 3.00 bits per heavy atom. The third-order valence-electron chi connectivity index (χ3n) is 1.67. The zero-order valence-corrected chi connectivity index (χ0v) is 7.12. The first-order chi connectivity index (χ1) is 5.79. The molecule has 0 bridgehead atoms. The largest absolute Gasteiger partial charge is 0.325 e. The Morgan fingerprint density at radius 1 is 1.42 bits per heavy atom. The molecule has 0 saturated carbocycles. The molecule has 12 heavy (non-hydrogen) atoms. The van der Waals surface area contributed by atoms with Gasteiger partial charge in [0.15, 0.2) is 0 Å². The van der Waals surface area contributed by atoms with Gasteiger partial charge in [-0.3, -0.25) is 0 Å². The summed E-state index contributed by atoms with van der Waals surface area (Å²) in [5, 5.41) is 0.698. The lowest BCUT2D eigenvalue weighted by Crippen LogP contribution is -1.95. The van der Waals surface area contributed by atoms with Crippen molar-refractivity contribution in [3.05, 3.63) is 35.2 Å². The van der Waals surface area contributed by atoms with Crippen molar-refractivity contribution in [1.82, 2.24) is 9.38 Å². The molecule has 0 fully saturated rings. The van der Waals surface area contributed by atoms with Crippen LogP contribution in [0.15, 0.2) is 24.5 Å². The number of aromatic nitrogens is 2. The summed E-state index contributed by atoms with van der Waals surface area (Å²) in [6.45, 7) is 0.458. The van der Waals surface area contributed by atoms with Crippen molar-refractivity contribution >= 4 is 17.2 Å². The first-order valence-corrected chi connectivity index (χ1v) is 4.00. The smallest absolute Gasteiger partial charge is 0.137 e. The molecular weight excluding hydrogens is 174 g/mol. The van der Waals surface area contributed by atoms with Crippen LogP contribution in [0.4, 0.5) is 0 Å². The van der Waals surface area contributed by atoms with Gasteiger partial charge in [0.05, 0.1) is 10.7 Å². The van der Waals surface area contributed by atoms with E-state index in [0.29, 0.717) is 11.6 Å². The summed E-state index contributed by atoms with van der Waals surface area (Å²) in [4.78, 5) is 4.25. The van der Waals surface area contributed by atoms with Gasteiger partial charge in [-0.05, 0) is 12.1 Å². The van der Waals surface area contributed by atoms with Crippen LogP contribution in [-0.2, 0) is 6.54 Å². The molecule has 2 heterocycles. The van der Waals surface area contributed by atoms with Crippen LogP contribution in [0.2, 0.25) is 5.02 Å². The van der Waals surface area contributed by atoms with Crippen molar-refractivity contribution in [2.45, 2.75) is 6.54 Å². The summed E-state index contributed by atoms with van der Waals surface area (Å²) < 4.78 is 1.87. The number of imidazole rings is 1. The van der Waals surface area contributed by atoms with Gasteiger partial charge in [-0.2, -0.15) is 0 Å². The number of nitrogens with two attached hydrogens (primary N) is 1. The van der Waals surface area contributed by atoms with E-state index in [4.69, 9.17) is 17.3 Å². The zero-order chi connectivity index (χ0) is 8.55. The highest BCUT2D eigenvalue weighted by atomic mass is 35.5. The van der Waals surface area contributed by atoms with Crippen LogP contribution in [0.3, 0.4) is 0 Å². The second-order valence-electron chi connectivity index (χ2n) is 2.55.